The monoisotopic (exact) mass is 208 g/mol. The third-order valence-corrected chi connectivity index (χ3v) is 1.68. The van der Waals surface area contributed by atoms with Crippen molar-refractivity contribution in [3.05, 3.63) is 29.6 Å². The Balaban J connectivity index is 2.92. The summed E-state index contributed by atoms with van der Waals surface area (Å²) < 4.78 is 22.9. The lowest BCUT2D eigenvalue weighted by molar-refractivity contribution is 0.0507. The van der Waals surface area contributed by atoms with Gasteiger partial charge in [0.05, 0.1) is 5.56 Å². The molecule has 0 saturated carbocycles. The Hall–Kier alpha value is -1.53. The number of hydrogen-bond acceptors (Lipinski definition) is 2. The van der Waals surface area contributed by atoms with E-state index < -0.39 is 0 Å². The van der Waals surface area contributed by atoms with Gasteiger partial charge in [0, 0.05) is 19.6 Å². The number of benzene rings is 1. The molecule has 0 radical (unpaired) electrons. The summed E-state index contributed by atoms with van der Waals surface area (Å²) >= 11 is 0. The van der Waals surface area contributed by atoms with E-state index in [-0.39, 0.29) is 12.6 Å². The fourth-order valence-corrected chi connectivity index (χ4v) is 1.02. The van der Waals surface area contributed by atoms with Gasteiger partial charge in [0.2, 0.25) is 0 Å². The molecule has 0 aliphatic carbocycles. The molecule has 1 aromatic carbocycles. The third kappa shape index (κ3) is 3.61. The predicted octanol–water partition coefficient (Wildman–Crippen LogP) is 2.57. The van der Waals surface area contributed by atoms with E-state index in [0.29, 0.717) is 11.3 Å². The largest absolute Gasteiger partial charge is 0.466 e. The molecule has 15 heavy (non-hydrogen) atoms. The molecule has 0 aromatic heterocycles. The fourth-order valence-electron chi connectivity index (χ4n) is 1.02. The van der Waals surface area contributed by atoms with Crippen LogP contribution in [-0.4, -0.2) is 13.9 Å². The van der Waals surface area contributed by atoms with Crippen LogP contribution in [0.25, 0.3) is 0 Å². The Morgan fingerprint density at radius 1 is 1.40 bits per heavy atom. The zero-order chi connectivity index (χ0) is 11.1. The number of rotatable bonds is 3. The number of halogens is 1. The van der Waals surface area contributed by atoms with Crippen LogP contribution in [0.4, 0.5) is 4.39 Å². The van der Waals surface area contributed by atoms with Crippen molar-refractivity contribution in [2.45, 2.75) is 13.3 Å². The number of ether oxygens (including phenoxy) is 2. The maximum atomic E-state index is 12.9. The summed E-state index contributed by atoms with van der Waals surface area (Å²) in [7, 11) is 1.51. The Labute approximate surface area is 89.0 Å². The first-order chi connectivity index (χ1) is 7.27. The SMILES string of the molecule is CCC#Cc1ccc(F)cc1OCOC. The van der Waals surface area contributed by atoms with Crippen LogP contribution in [0.2, 0.25) is 0 Å². The first-order valence-corrected chi connectivity index (χ1v) is 4.68. The molecule has 0 saturated heterocycles. The van der Waals surface area contributed by atoms with Crippen molar-refractivity contribution in [2.24, 2.45) is 0 Å². The first kappa shape index (κ1) is 11.5. The average molecular weight is 208 g/mol. The molecule has 0 N–H and O–H groups in total. The van der Waals surface area contributed by atoms with Crippen LogP contribution in [-0.2, 0) is 4.74 Å². The predicted molar refractivity (Wildman–Crippen MR) is 56.1 cm³/mol. The van der Waals surface area contributed by atoms with Crippen molar-refractivity contribution in [2.75, 3.05) is 13.9 Å². The first-order valence-electron chi connectivity index (χ1n) is 4.68. The van der Waals surface area contributed by atoms with Crippen LogP contribution in [0, 0.1) is 17.7 Å². The number of hydrogen-bond donors (Lipinski definition) is 0. The van der Waals surface area contributed by atoms with Crippen molar-refractivity contribution in [3.63, 3.8) is 0 Å². The molecule has 80 valence electrons. The van der Waals surface area contributed by atoms with E-state index >= 15 is 0 Å². The lowest BCUT2D eigenvalue weighted by atomic mass is 10.2. The highest BCUT2D eigenvalue weighted by molar-refractivity contribution is 5.46. The molecule has 2 nitrogen and oxygen atoms in total. The minimum Gasteiger partial charge on any atom is -0.466 e. The van der Waals surface area contributed by atoms with Crippen LogP contribution < -0.4 is 4.74 Å². The smallest absolute Gasteiger partial charge is 0.188 e. The Morgan fingerprint density at radius 2 is 2.20 bits per heavy atom. The van der Waals surface area contributed by atoms with Gasteiger partial charge in [-0.2, -0.15) is 0 Å². The lowest BCUT2D eigenvalue weighted by Crippen LogP contribution is -2.00. The van der Waals surface area contributed by atoms with Gasteiger partial charge in [0.15, 0.2) is 6.79 Å². The molecule has 0 heterocycles. The molecule has 0 bridgehead atoms. The van der Waals surface area contributed by atoms with Gasteiger partial charge in [-0.05, 0) is 12.1 Å². The van der Waals surface area contributed by atoms with Crippen molar-refractivity contribution >= 4 is 0 Å². The highest BCUT2D eigenvalue weighted by Gasteiger charge is 2.02. The van der Waals surface area contributed by atoms with E-state index in [4.69, 9.17) is 9.47 Å². The summed E-state index contributed by atoms with van der Waals surface area (Å²) in [6, 6.07) is 4.26. The van der Waals surface area contributed by atoms with Gasteiger partial charge >= 0.3 is 0 Å². The number of methoxy groups -OCH3 is 1. The molecule has 0 spiro atoms. The van der Waals surface area contributed by atoms with Crippen LogP contribution in [0.1, 0.15) is 18.9 Å². The molecule has 3 heteroatoms. The van der Waals surface area contributed by atoms with Crippen molar-refractivity contribution < 1.29 is 13.9 Å². The summed E-state index contributed by atoms with van der Waals surface area (Å²) in [5.74, 6) is 5.88. The maximum absolute atomic E-state index is 12.9. The Bertz CT molecular complexity index is 377. The summed E-state index contributed by atoms with van der Waals surface area (Å²) in [4.78, 5) is 0. The summed E-state index contributed by atoms with van der Waals surface area (Å²) in [6.07, 6.45) is 0.751. The minimum absolute atomic E-state index is 0.0876. The van der Waals surface area contributed by atoms with Gasteiger partial charge in [0.25, 0.3) is 0 Å². The second-order valence-electron chi connectivity index (χ2n) is 2.85. The minimum atomic E-state index is -0.344. The molecular weight excluding hydrogens is 195 g/mol. The average Bonchev–Trinajstić information content (AvgIpc) is 2.25. The van der Waals surface area contributed by atoms with E-state index in [9.17, 15) is 4.39 Å². The van der Waals surface area contributed by atoms with Crippen LogP contribution in [0.5, 0.6) is 5.75 Å². The van der Waals surface area contributed by atoms with Gasteiger partial charge in [-0.3, -0.25) is 0 Å². The second kappa shape index (κ2) is 6.05. The van der Waals surface area contributed by atoms with Gasteiger partial charge < -0.3 is 9.47 Å². The quantitative estimate of drug-likeness (QED) is 0.561. The zero-order valence-electron chi connectivity index (χ0n) is 8.84. The van der Waals surface area contributed by atoms with Gasteiger partial charge in [0.1, 0.15) is 11.6 Å². The van der Waals surface area contributed by atoms with E-state index in [1.807, 2.05) is 6.92 Å². The molecule has 1 aromatic rings. The highest BCUT2D eigenvalue weighted by Crippen LogP contribution is 2.18. The second-order valence-corrected chi connectivity index (χ2v) is 2.85. The van der Waals surface area contributed by atoms with Crippen molar-refractivity contribution in [1.29, 1.82) is 0 Å². The molecule has 0 fully saturated rings. The topological polar surface area (TPSA) is 18.5 Å². The maximum Gasteiger partial charge on any atom is 0.188 e. The zero-order valence-corrected chi connectivity index (χ0v) is 8.84. The molecule has 0 unspecified atom stereocenters. The van der Waals surface area contributed by atoms with E-state index in [1.165, 1.54) is 19.2 Å². The highest BCUT2D eigenvalue weighted by atomic mass is 19.1. The van der Waals surface area contributed by atoms with Gasteiger partial charge in [-0.1, -0.05) is 18.8 Å². The van der Waals surface area contributed by atoms with Crippen molar-refractivity contribution in [1.82, 2.24) is 0 Å². The van der Waals surface area contributed by atoms with E-state index in [1.54, 1.807) is 6.07 Å². The van der Waals surface area contributed by atoms with Crippen LogP contribution in [0.15, 0.2) is 18.2 Å². The van der Waals surface area contributed by atoms with Gasteiger partial charge in [-0.15, -0.1) is 0 Å². The Kier molecular flexibility index (Phi) is 4.65. The van der Waals surface area contributed by atoms with E-state index in [2.05, 4.69) is 11.8 Å². The third-order valence-electron chi connectivity index (χ3n) is 1.68. The molecule has 0 aliphatic heterocycles. The summed E-state index contributed by atoms with van der Waals surface area (Å²) in [5.41, 5.74) is 0.676. The summed E-state index contributed by atoms with van der Waals surface area (Å²) in [5, 5.41) is 0. The van der Waals surface area contributed by atoms with Gasteiger partial charge in [-0.25, -0.2) is 4.39 Å². The van der Waals surface area contributed by atoms with Crippen LogP contribution >= 0.6 is 0 Å². The molecule has 1 rings (SSSR count). The lowest BCUT2D eigenvalue weighted by Gasteiger charge is -2.06. The van der Waals surface area contributed by atoms with E-state index in [0.717, 1.165) is 6.42 Å². The molecule has 0 aliphatic rings. The molecular formula is C12H13FO2. The molecule has 0 atom stereocenters. The molecule has 0 amide bonds. The standard InChI is InChI=1S/C12H13FO2/c1-3-4-5-10-6-7-11(13)8-12(10)15-9-14-2/h6-8H,3,9H2,1-2H3. The Morgan fingerprint density at radius 3 is 2.87 bits per heavy atom. The fraction of sp³-hybridized carbons (Fsp3) is 0.333. The van der Waals surface area contributed by atoms with Crippen molar-refractivity contribution in [3.8, 4) is 17.6 Å². The normalized spacial score (nSPS) is 9.27. The van der Waals surface area contributed by atoms with Crippen LogP contribution in [0.3, 0.4) is 0 Å². The summed E-state index contributed by atoms with van der Waals surface area (Å²) in [6.45, 7) is 2.04.